The molecule has 18 heavy (non-hydrogen) atoms. The molecule has 0 radical (unpaired) electrons. The van der Waals surface area contributed by atoms with E-state index in [9.17, 15) is 4.79 Å². The summed E-state index contributed by atoms with van der Waals surface area (Å²) in [4.78, 5) is 16.6. The van der Waals surface area contributed by atoms with E-state index >= 15 is 0 Å². The third kappa shape index (κ3) is 1.61. The Balaban J connectivity index is 1.85. The van der Waals surface area contributed by atoms with Gasteiger partial charge in [-0.3, -0.25) is 4.79 Å². The van der Waals surface area contributed by atoms with Crippen LogP contribution in [0.15, 0.2) is 18.6 Å². The van der Waals surface area contributed by atoms with Crippen molar-refractivity contribution < 1.29 is 4.79 Å². The molecule has 94 valence electrons. The topological polar surface area (TPSA) is 78.7 Å². The number of rotatable bonds is 1. The molecule has 0 amide bonds. The van der Waals surface area contributed by atoms with Crippen molar-refractivity contribution in [2.45, 2.75) is 26.3 Å². The fraction of sp³-hybridized carbons (Fsp3) is 0.417. The summed E-state index contributed by atoms with van der Waals surface area (Å²) in [5, 5.41) is 4.05. The molecular formula is C12H15N5O. The number of fused-ring (bicyclic) bond motifs is 1. The molecule has 0 bridgehead atoms. The number of nitrogen functional groups attached to an aromatic ring is 1. The Bertz CT molecular complexity index is 597. The van der Waals surface area contributed by atoms with Gasteiger partial charge < -0.3 is 10.3 Å². The molecule has 0 fully saturated rings. The minimum absolute atomic E-state index is 0.0125. The van der Waals surface area contributed by atoms with Crippen molar-refractivity contribution in [3.63, 3.8) is 0 Å². The van der Waals surface area contributed by atoms with Gasteiger partial charge in [0.15, 0.2) is 0 Å². The molecule has 2 N–H and O–H groups in total. The largest absolute Gasteiger partial charge is 0.396 e. The standard InChI is InChI=1S/C12H15N5O/c1-8-10(13)7-15-17(8)12(18)9-2-4-16-5-3-14-11(16)6-9/h3,5,7,9H,2,4,6,13H2,1H3. The zero-order valence-corrected chi connectivity index (χ0v) is 10.2. The summed E-state index contributed by atoms with van der Waals surface area (Å²) in [7, 11) is 0. The minimum atomic E-state index is -0.0575. The lowest BCUT2D eigenvalue weighted by Crippen LogP contribution is -2.30. The summed E-state index contributed by atoms with van der Waals surface area (Å²) in [6, 6.07) is 0. The molecule has 2 aromatic rings. The first-order valence-corrected chi connectivity index (χ1v) is 6.01. The zero-order chi connectivity index (χ0) is 12.7. The van der Waals surface area contributed by atoms with Crippen molar-refractivity contribution in [3.05, 3.63) is 30.1 Å². The van der Waals surface area contributed by atoms with Gasteiger partial charge in [-0.2, -0.15) is 5.10 Å². The average Bonchev–Trinajstić information content (AvgIpc) is 2.96. The second-order valence-corrected chi connectivity index (χ2v) is 4.66. The van der Waals surface area contributed by atoms with E-state index in [0.717, 1.165) is 18.8 Å². The van der Waals surface area contributed by atoms with Crippen molar-refractivity contribution in [2.24, 2.45) is 5.92 Å². The van der Waals surface area contributed by atoms with Crippen LogP contribution in [0.25, 0.3) is 0 Å². The highest BCUT2D eigenvalue weighted by Crippen LogP contribution is 2.22. The van der Waals surface area contributed by atoms with Crippen molar-refractivity contribution >= 4 is 11.6 Å². The molecule has 0 aliphatic carbocycles. The first kappa shape index (κ1) is 11.0. The predicted octanol–water partition coefficient (Wildman–Crippen LogP) is 0.873. The van der Waals surface area contributed by atoms with Gasteiger partial charge >= 0.3 is 0 Å². The maximum atomic E-state index is 12.4. The van der Waals surface area contributed by atoms with E-state index in [-0.39, 0.29) is 11.8 Å². The molecule has 1 aliphatic rings. The number of aromatic nitrogens is 4. The molecule has 0 saturated carbocycles. The number of imidazole rings is 1. The Kier molecular flexibility index (Phi) is 2.43. The fourth-order valence-corrected chi connectivity index (χ4v) is 2.38. The number of hydrogen-bond donors (Lipinski definition) is 1. The van der Waals surface area contributed by atoms with Crippen molar-refractivity contribution in [1.82, 2.24) is 19.3 Å². The van der Waals surface area contributed by atoms with E-state index in [0.29, 0.717) is 17.8 Å². The lowest BCUT2D eigenvalue weighted by Gasteiger charge is -2.22. The highest BCUT2D eigenvalue weighted by molar-refractivity contribution is 5.82. The van der Waals surface area contributed by atoms with Gasteiger partial charge in [-0.25, -0.2) is 9.67 Å². The first-order chi connectivity index (χ1) is 8.66. The molecule has 3 heterocycles. The van der Waals surface area contributed by atoms with Crippen molar-refractivity contribution in [3.8, 4) is 0 Å². The molecular weight excluding hydrogens is 230 g/mol. The van der Waals surface area contributed by atoms with Crippen LogP contribution in [0.1, 0.15) is 22.7 Å². The number of carbonyl (C=O) groups excluding carboxylic acids is 1. The Labute approximate surface area is 104 Å². The third-order valence-corrected chi connectivity index (χ3v) is 3.55. The highest BCUT2D eigenvalue weighted by atomic mass is 16.2. The van der Waals surface area contributed by atoms with Gasteiger partial charge in [0.1, 0.15) is 5.82 Å². The summed E-state index contributed by atoms with van der Waals surface area (Å²) >= 11 is 0. The van der Waals surface area contributed by atoms with Crippen molar-refractivity contribution in [2.75, 3.05) is 5.73 Å². The molecule has 3 rings (SSSR count). The van der Waals surface area contributed by atoms with E-state index in [4.69, 9.17) is 5.73 Å². The Morgan fingerprint density at radius 2 is 2.39 bits per heavy atom. The highest BCUT2D eigenvalue weighted by Gasteiger charge is 2.27. The van der Waals surface area contributed by atoms with Gasteiger partial charge in [0.25, 0.3) is 5.91 Å². The van der Waals surface area contributed by atoms with Crippen LogP contribution >= 0.6 is 0 Å². The van der Waals surface area contributed by atoms with Crippen molar-refractivity contribution in [1.29, 1.82) is 0 Å². The quantitative estimate of drug-likeness (QED) is 0.808. The summed E-state index contributed by atoms with van der Waals surface area (Å²) in [6.07, 6.45) is 6.75. The smallest absolute Gasteiger partial charge is 0.250 e. The normalized spacial score (nSPS) is 18.6. The van der Waals surface area contributed by atoms with Gasteiger partial charge in [0.2, 0.25) is 0 Å². The fourth-order valence-electron chi connectivity index (χ4n) is 2.38. The monoisotopic (exact) mass is 245 g/mol. The van der Waals surface area contributed by atoms with Crippen LogP contribution in [0.4, 0.5) is 5.69 Å². The van der Waals surface area contributed by atoms with Gasteiger partial charge in [-0.05, 0) is 13.3 Å². The number of carbonyl (C=O) groups is 1. The van der Waals surface area contributed by atoms with Crippen LogP contribution < -0.4 is 5.73 Å². The number of anilines is 1. The lowest BCUT2D eigenvalue weighted by molar-refractivity contribution is 0.0791. The van der Waals surface area contributed by atoms with Gasteiger partial charge in [0.05, 0.1) is 17.6 Å². The molecule has 0 spiro atoms. The Morgan fingerprint density at radius 1 is 1.56 bits per heavy atom. The predicted molar refractivity (Wildman–Crippen MR) is 66.0 cm³/mol. The first-order valence-electron chi connectivity index (χ1n) is 6.01. The van der Waals surface area contributed by atoms with E-state index in [2.05, 4.69) is 14.6 Å². The minimum Gasteiger partial charge on any atom is -0.396 e. The summed E-state index contributed by atoms with van der Waals surface area (Å²) in [5.74, 6) is 0.925. The summed E-state index contributed by atoms with van der Waals surface area (Å²) < 4.78 is 3.51. The molecule has 2 aromatic heterocycles. The van der Waals surface area contributed by atoms with Crippen LogP contribution in [0, 0.1) is 12.8 Å². The van der Waals surface area contributed by atoms with Gasteiger partial charge in [-0.15, -0.1) is 0 Å². The second-order valence-electron chi connectivity index (χ2n) is 4.66. The summed E-state index contributed by atoms with van der Waals surface area (Å²) in [5.41, 5.74) is 6.99. The maximum Gasteiger partial charge on any atom is 0.250 e. The molecule has 1 atom stereocenters. The second kappa shape index (κ2) is 3.97. The Hall–Kier alpha value is -2.11. The van der Waals surface area contributed by atoms with Crippen LogP contribution in [0.2, 0.25) is 0 Å². The third-order valence-electron chi connectivity index (χ3n) is 3.55. The van der Waals surface area contributed by atoms with E-state index in [1.165, 1.54) is 10.9 Å². The van der Waals surface area contributed by atoms with Crippen LogP contribution in [-0.2, 0) is 13.0 Å². The molecule has 0 aromatic carbocycles. The van der Waals surface area contributed by atoms with Gasteiger partial charge in [0, 0.05) is 31.3 Å². The average molecular weight is 245 g/mol. The SMILES string of the molecule is Cc1c(N)cnn1C(=O)C1CCn2ccnc2C1. The lowest BCUT2D eigenvalue weighted by atomic mass is 9.97. The molecule has 6 nitrogen and oxygen atoms in total. The number of nitrogens with two attached hydrogens (primary N) is 1. The van der Waals surface area contributed by atoms with Crippen LogP contribution in [-0.4, -0.2) is 25.2 Å². The van der Waals surface area contributed by atoms with E-state index in [1.807, 2.05) is 13.1 Å². The number of aryl methyl sites for hydroxylation is 1. The molecule has 6 heteroatoms. The summed E-state index contributed by atoms with van der Waals surface area (Å²) in [6.45, 7) is 2.64. The number of nitrogens with zero attached hydrogens (tertiary/aromatic N) is 4. The van der Waals surface area contributed by atoms with Crippen LogP contribution in [0.3, 0.4) is 0 Å². The van der Waals surface area contributed by atoms with E-state index < -0.39 is 0 Å². The molecule has 0 saturated heterocycles. The zero-order valence-electron chi connectivity index (χ0n) is 10.2. The number of hydrogen-bond acceptors (Lipinski definition) is 4. The van der Waals surface area contributed by atoms with Gasteiger partial charge in [-0.1, -0.05) is 0 Å². The van der Waals surface area contributed by atoms with Crippen LogP contribution in [0.5, 0.6) is 0 Å². The maximum absolute atomic E-state index is 12.4. The van der Waals surface area contributed by atoms with E-state index in [1.54, 1.807) is 6.20 Å². The Morgan fingerprint density at radius 3 is 3.11 bits per heavy atom. The molecule has 1 unspecified atom stereocenters. The molecule has 1 aliphatic heterocycles.